The Bertz CT molecular complexity index is 630. The van der Waals surface area contributed by atoms with E-state index in [9.17, 15) is 13.2 Å². The number of anilines is 1. The molecule has 0 saturated carbocycles. The minimum atomic E-state index is -3.75. The minimum absolute atomic E-state index is 0.0531. The average Bonchev–Trinajstić information content (AvgIpc) is 2.41. The second-order valence-electron chi connectivity index (χ2n) is 4.49. The molecule has 8 heteroatoms. The smallest absolute Gasteiger partial charge is 0.243 e. The quantitative estimate of drug-likeness (QED) is 0.752. The van der Waals surface area contributed by atoms with Crippen LogP contribution in [0.2, 0.25) is 0 Å². The van der Waals surface area contributed by atoms with Gasteiger partial charge in [0.2, 0.25) is 15.9 Å². The van der Waals surface area contributed by atoms with Crippen molar-refractivity contribution in [1.82, 2.24) is 9.62 Å². The standard InChI is InChI=1S/C12H17N3O4S/c1-8-12(16)14-5-6-15(8)20(17,18)9-3-4-11(19-2)10(13)7-9/h3-4,7-8H,5-6,13H2,1-2H3,(H,14,16). The predicted molar refractivity (Wildman–Crippen MR) is 73.8 cm³/mol. The first kappa shape index (κ1) is 14.6. The van der Waals surface area contributed by atoms with Crippen LogP contribution in [0, 0.1) is 0 Å². The molecule has 1 saturated heterocycles. The molecule has 2 rings (SSSR count). The molecular formula is C12H17N3O4S. The van der Waals surface area contributed by atoms with E-state index < -0.39 is 16.1 Å². The van der Waals surface area contributed by atoms with E-state index in [1.165, 1.54) is 29.6 Å². The van der Waals surface area contributed by atoms with E-state index in [-0.39, 0.29) is 23.0 Å². The van der Waals surface area contributed by atoms with Crippen molar-refractivity contribution in [3.8, 4) is 5.75 Å². The van der Waals surface area contributed by atoms with Gasteiger partial charge in [0, 0.05) is 13.1 Å². The monoisotopic (exact) mass is 299 g/mol. The van der Waals surface area contributed by atoms with Crippen LogP contribution in [0.4, 0.5) is 5.69 Å². The Labute approximate surface area is 117 Å². The van der Waals surface area contributed by atoms with Crippen LogP contribution >= 0.6 is 0 Å². The molecule has 1 amide bonds. The third-order valence-electron chi connectivity index (χ3n) is 3.25. The maximum atomic E-state index is 12.5. The molecule has 1 unspecified atom stereocenters. The highest BCUT2D eigenvalue weighted by Crippen LogP contribution is 2.27. The molecule has 7 nitrogen and oxygen atoms in total. The minimum Gasteiger partial charge on any atom is -0.495 e. The van der Waals surface area contributed by atoms with Gasteiger partial charge in [-0.3, -0.25) is 4.79 Å². The van der Waals surface area contributed by atoms with Gasteiger partial charge < -0.3 is 15.8 Å². The Morgan fingerprint density at radius 1 is 1.45 bits per heavy atom. The lowest BCUT2D eigenvalue weighted by molar-refractivity contribution is -0.126. The average molecular weight is 299 g/mol. The van der Waals surface area contributed by atoms with E-state index in [0.29, 0.717) is 12.3 Å². The molecule has 0 aliphatic carbocycles. The van der Waals surface area contributed by atoms with Gasteiger partial charge in [-0.1, -0.05) is 0 Å². The first-order valence-corrected chi connectivity index (χ1v) is 7.55. The molecule has 1 atom stereocenters. The lowest BCUT2D eigenvalue weighted by Crippen LogP contribution is -2.55. The second kappa shape index (κ2) is 5.29. The van der Waals surface area contributed by atoms with E-state index in [2.05, 4.69) is 5.32 Å². The van der Waals surface area contributed by atoms with Crippen molar-refractivity contribution in [2.24, 2.45) is 0 Å². The highest BCUT2D eigenvalue weighted by molar-refractivity contribution is 7.89. The van der Waals surface area contributed by atoms with Gasteiger partial charge in [-0.2, -0.15) is 4.31 Å². The van der Waals surface area contributed by atoms with E-state index >= 15 is 0 Å². The molecule has 1 aromatic rings. The Balaban J connectivity index is 2.39. The van der Waals surface area contributed by atoms with Crippen LogP contribution in [0.3, 0.4) is 0 Å². The highest BCUT2D eigenvalue weighted by atomic mass is 32.2. The zero-order valence-corrected chi connectivity index (χ0v) is 12.1. The number of carbonyl (C=O) groups is 1. The van der Waals surface area contributed by atoms with Gasteiger partial charge in [0.15, 0.2) is 0 Å². The number of piperazine rings is 1. The number of methoxy groups -OCH3 is 1. The number of nitrogen functional groups attached to an aromatic ring is 1. The van der Waals surface area contributed by atoms with Crippen molar-refractivity contribution in [2.45, 2.75) is 17.9 Å². The molecule has 0 radical (unpaired) electrons. The molecule has 1 heterocycles. The third-order valence-corrected chi connectivity index (χ3v) is 5.22. The highest BCUT2D eigenvalue weighted by Gasteiger charge is 2.35. The first-order chi connectivity index (χ1) is 9.37. The number of amides is 1. The summed E-state index contributed by atoms with van der Waals surface area (Å²) in [6.45, 7) is 2.09. The van der Waals surface area contributed by atoms with Gasteiger partial charge in [-0.15, -0.1) is 0 Å². The summed E-state index contributed by atoms with van der Waals surface area (Å²) in [7, 11) is -2.30. The van der Waals surface area contributed by atoms with Crippen molar-refractivity contribution in [3.05, 3.63) is 18.2 Å². The summed E-state index contributed by atoms with van der Waals surface area (Å²) >= 11 is 0. The Kier molecular flexibility index (Phi) is 3.87. The Morgan fingerprint density at radius 3 is 2.75 bits per heavy atom. The largest absolute Gasteiger partial charge is 0.495 e. The third kappa shape index (κ3) is 2.44. The fourth-order valence-corrected chi connectivity index (χ4v) is 3.73. The molecular weight excluding hydrogens is 282 g/mol. The molecule has 20 heavy (non-hydrogen) atoms. The fourth-order valence-electron chi connectivity index (χ4n) is 2.10. The Morgan fingerprint density at radius 2 is 2.15 bits per heavy atom. The molecule has 3 N–H and O–H groups in total. The van der Waals surface area contributed by atoms with Gasteiger partial charge in [-0.05, 0) is 25.1 Å². The molecule has 0 bridgehead atoms. The summed E-state index contributed by atoms with van der Waals surface area (Å²) in [5, 5.41) is 2.63. The van der Waals surface area contributed by atoms with Crippen molar-refractivity contribution >= 4 is 21.6 Å². The molecule has 0 spiro atoms. The maximum Gasteiger partial charge on any atom is 0.243 e. The molecule has 1 aliphatic heterocycles. The number of hydrogen-bond acceptors (Lipinski definition) is 5. The summed E-state index contributed by atoms with van der Waals surface area (Å²) < 4.78 is 31.3. The van der Waals surface area contributed by atoms with Crippen molar-refractivity contribution in [1.29, 1.82) is 0 Å². The fraction of sp³-hybridized carbons (Fsp3) is 0.417. The van der Waals surface area contributed by atoms with Crippen LogP contribution in [-0.4, -0.2) is 44.9 Å². The molecule has 1 fully saturated rings. The van der Waals surface area contributed by atoms with Crippen LogP contribution in [-0.2, 0) is 14.8 Å². The van der Waals surface area contributed by atoms with Crippen LogP contribution in [0.25, 0.3) is 0 Å². The SMILES string of the molecule is COc1ccc(S(=O)(=O)N2CCNC(=O)C2C)cc1N. The van der Waals surface area contributed by atoms with E-state index in [1.54, 1.807) is 6.92 Å². The number of nitrogens with two attached hydrogens (primary N) is 1. The van der Waals surface area contributed by atoms with Crippen molar-refractivity contribution < 1.29 is 17.9 Å². The van der Waals surface area contributed by atoms with Crippen LogP contribution in [0.5, 0.6) is 5.75 Å². The van der Waals surface area contributed by atoms with E-state index in [4.69, 9.17) is 10.5 Å². The number of benzene rings is 1. The van der Waals surface area contributed by atoms with Crippen molar-refractivity contribution in [3.63, 3.8) is 0 Å². The van der Waals surface area contributed by atoms with Crippen LogP contribution in [0.15, 0.2) is 23.1 Å². The number of rotatable bonds is 3. The lowest BCUT2D eigenvalue weighted by Gasteiger charge is -2.31. The summed E-state index contributed by atoms with van der Waals surface area (Å²) in [5.41, 5.74) is 5.97. The topological polar surface area (TPSA) is 102 Å². The van der Waals surface area contributed by atoms with Gasteiger partial charge >= 0.3 is 0 Å². The molecule has 0 aromatic heterocycles. The first-order valence-electron chi connectivity index (χ1n) is 6.11. The maximum absolute atomic E-state index is 12.5. The van der Waals surface area contributed by atoms with Gasteiger partial charge in [0.1, 0.15) is 11.8 Å². The number of nitrogens with one attached hydrogen (secondary N) is 1. The second-order valence-corrected chi connectivity index (χ2v) is 6.38. The summed E-state index contributed by atoms with van der Waals surface area (Å²) in [5.74, 6) is 0.106. The summed E-state index contributed by atoms with van der Waals surface area (Å²) in [4.78, 5) is 11.6. The lowest BCUT2D eigenvalue weighted by atomic mass is 10.2. The van der Waals surface area contributed by atoms with Crippen molar-refractivity contribution in [2.75, 3.05) is 25.9 Å². The predicted octanol–water partition coefficient (Wildman–Crippen LogP) is -0.214. The zero-order valence-electron chi connectivity index (χ0n) is 11.3. The van der Waals surface area contributed by atoms with E-state index in [1.807, 2.05) is 0 Å². The molecule has 1 aromatic carbocycles. The Hall–Kier alpha value is -1.80. The normalized spacial score (nSPS) is 20.5. The van der Waals surface area contributed by atoms with Crippen LogP contribution in [0.1, 0.15) is 6.92 Å². The molecule has 1 aliphatic rings. The van der Waals surface area contributed by atoms with E-state index in [0.717, 1.165) is 0 Å². The van der Waals surface area contributed by atoms with Gasteiger partial charge in [0.25, 0.3) is 0 Å². The number of hydrogen-bond donors (Lipinski definition) is 2. The number of sulfonamides is 1. The molecule has 110 valence electrons. The summed E-state index contributed by atoms with van der Waals surface area (Å²) in [6, 6.07) is 3.52. The zero-order chi connectivity index (χ0) is 14.9. The number of nitrogens with zero attached hydrogens (tertiary/aromatic N) is 1. The van der Waals surface area contributed by atoms with Gasteiger partial charge in [0.05, 0.1) is 17.7 Å². The number of ether oxygens (including phenoxy) is 1. The van der Waals surface area contributed by atoms with Gasteiger partial charge in [-0.25, -0.2) is 8.42 Å². The summed E-state index contributed by atoms with van der Waals surface area (Å²) in [6.07, 6.45) is 0. The van der Waals surface area contributed by atoms with Crippen LogP contribution < -0.4 is 15.8 Å². The number of carbonyl (C=O) groups excluding carboxylic acids is 1.